The van der Waals surface area contributed by atoms with Crippen LogP contribution < -0.4 is 0 Å². The van der Waals surface area contributed by atoms with E-state index in [1.54, 1.807) is 0 Å². The molecule has 1 atom stereocenters. The maximum absolute atomic E-state index is 6.15. The van der Waals surface area contributed by atoms with Crippen molar-refractivity contribution in [2.45, 2.75) is 19.6 Å². The second-order valence-corrected chi connectivity index (χ2v) is 5.42. The fraction of sp³-hybridized carbons (Fsp3) is 0.200. The van der Waals surface area contributed by atoms with E-state index >= 15 is 0 Å². The maximum atomic E-state index is 6.15. The lowest BCUT2D eigenvalue weighted by Gasteiger charge is -2.14. The predicted octanol–water partition coefficient (Wildman–Crippen LogP) is 5.38. The molecule has 0 aliphatic heterocycles. The third kappa shape index (κ3) is 3.58. The molecule has 94 valence electrons. The predicted molar refractivity (Wildman–Crippen MR) is 78.8 cm³/mol. The summed E-state index contributed by atoms with van der Waals surface area (Å²) in [4.78, 5) is 0. The van der Waals surface area contributed by atoms with Crippen LogP contribution in [0.5, 0.6) is 0 Å². The highest BCUT2D eigenvalue weighted by Crippen LogP contribution is 2.24. The van der Waals surface area contributed by atoms with Crippen LogP contribution in [-0.4, -0.2) is 0 Å². The molecule has 0 fully saturated rings. The van der Waals surface area contributed by atoms with Crippen molar-refractivity contribution in [1.29, 1.82) is 0 Å². The molecule has 2 aromatic carbocycles. The molecule has 3 heteroatoms. The minimum Gasteiger partial charge on any atom is -0.369 e. The Bertz CT molecular complexity index is 513. The summed E-state index contributed by atoms with van der Waals surface area (Å²) in [6.07, 6.45) is 0.0610. The molecule has 0 saturated carbocycles. The van der Waals surface area contributed by atoms with Crippen molar-refractivity contribution in [2.75, 3.05) is 0 Å². The first-order valence-electron chi connectivity index (χ1n) is 5.77. The van der Waals surface area contributed by atoms with Crippen LogP contribution in [-0.2, 0) is 11.3 Å². The molecule has 1 nitrogen and oxygen atoms in total. The summed E-state index contributed by atoms with van der Waals surface area (Å²) in [7, 11) is 0. The monoisotopic (exact) mass is 324 g/mol. The van der Waals surface area contributed by atoms with Crippen molar-refractivity contribution >= 4 is 27.5 Å². The highest BCUT2D eigenvalue weighted by Gasteiger charge is 2.07. The summed E-state index contributed by atoms with van der Waals surface area (Å²) >= 11 is 9.54. The van der Waals surface area contributed by atoms with E-state index in [-0.39, 0.29) is 6.10 Å². The third-order valence-electron chi connectivity index (χ3n) is 2.77. The van der Waals surface area contributed by atoms with E-state index in [0.717, 1.165) is 15.1 Å². The average Bonchev–Trinajstić information content (AvgIpc) is 2.38. The van der Waals surface area contributed by atoms with Gasteiger partial charge in [-0.3, -0.25) is 0 Å². The minimum absolute atomic E-state index is 0.0610. The van der Waals surface area contributed by atoms with E-state index in [4.69, 9.17) is 16.3 Å². The summed E-state index contributed by atoms with van der Waals surface area (Å²) in [6.45, 7) is 2.56. The van der Waals surface area contributed by atoms with E-state index < -0.39 is 0 Å². The minimum atomic E-state index is 0.0610. The van der Waals surface area contributed by atoms with Crippen LogP contribution >= 0.6 is 27.5 Å². The van der Waals surface area contributed by atoms with Gasteiger partial charge in [-0.2, -0.15) is 0 Å². The summed E-state index contributed by atoms with van der Waals surface area (Å²) in [5.74, 6) is 0. The Morgan fingerprint density at radius 3 is 2.56 bits per heavy atom. The molecule has 0 aliphatic rings. The maximum Gasteiger partial charge on any atom is 0.0801 e. The SMILES string of the molecule is CC(OCc1ccc(Br)cc1Cl)c1ccccc1. The van der Waals surface area contributed by atoms with Crippen LogP contribution in [0.25, 0.3) is 0 Å². The zero-order valence-electron chi connectivity index (χ0n) is 10.1. The number of hydrogen-bond donors (Lipinski definition) is 0. The molecule has 1 unspecified atom stereocenters. The standard InChI is InChI=1S/C15H14BrClO/c1-11(12-5-3-2-4-6-12)18-10-13-7-8-14(16)9-15(13)17/h2-9,11H,10H2,1H3. The molecule has 0 heterocycles. The van der Waals surface area contributed by atoms with Crippen molar-refractivity contribution in [3.63, 3.8) is 0 Å². The van der Waals surface area contributed by atoms with Crippen molar-refractivity contribution in [2.24, 2.45) is 0 Å². The van der Waals surface area contributed by atoms with Crippen LogP contribution in [0.1, 0.15) is 24.2 Å². The summed E-state index contributed by atoms with van der Waals surface area (Å²) in [5, 5.41) is 0.727. The average molecular weight is 326 g/mol. The smallest absolute Gasteiger partial charge is 0.0801 e. The first-order valence-corrected chi connectivity index (χ1v) is 6.94. The second-order valence-electron chi connectivity index (χ2n) is 4.10. The molecule has 0 aliphatic carbocycles. The molecular weight excluding hydrogens is 312 g/mol. The van der Waals surface area contributed by atoms with Crippen LogP contribution in [0.15, 0.2) is 53.0 Å². The Morgan fingerprint density at radius 2 is 1.89 bits per heavy atom. The Morgan fingerprint density at radius 1 is 1.17 bits per heavy atom. The number of hydrogen-bond acceptors (Lipinski definition) is 1. The molecule has 0 N–H and O–H groups in total. The lowest BCUT2D eigenvalue weighted by molar-refractivity contribution is 0.0526. The first kappa shape index (κ1) is 13.6. The zero-order valence-corrected chi connectivity index (χ0v) is 12.4. The molecule has 0 bridgehead atoms. The number of benzene rings is 2. The van der Waals surface area contributed by atoms with Crippen molar-refractivity contribution < 1.29 is 4.74 Å². The van der Waals surface area contributed by atoms with Gasteiger partial charge in [0.1, 0.15) is 0 Å². The summed E-state index contributed by atoms with van der Waals surface area (Å²) in [6, 6.07) is 16.0. The largest absolute Gasteiger partial charge is 0.369 e. The van der Waals surface area contributed by atoms with E-state index in [2.05, 4.69) is 28.1 Å². The second kappa shape index (κ2) is 6.37. The van der Waals surface area contributed by atoms with Gasteiger partial charge < -0.3 is 4.74 Å². The molecule has 0 aromatic heterocycles. The van der Waals surface area contributed by atoms with E-state index in [1.165, 1.54) is 5.56 Å². The van der Waals surface area contributed by atoms with Gasteiger partial charge in [0.25, 0.3) is 0 Å². The number of halogens is 2. The Kier molecular flexibility index (Phi) is 4.81. The van der Waals surface area contributed by atoms with Gasteiger partial charge in [-0.15, -0.1) is 0 Å². The van der Waals surface area contributed by atoms with Gasteiger partial charge in [0.15, 0.2) is 0 Å². The van der Waals surface area contributed by atoms with Crippen LogP contribution in [0.3, 0.4) is 0 Å². The fourth-order valence-electron chi connectivity index (χ4n) is 1.67. The zero-order chi connectivity index (χ0) is 13.0. The molecule has 0 radical (unpaired) electrons. The van der Waals surface area contributed by atoms with E-state index in [1.807, 2.05) is 43.3 Å². The molecule has 0 spiro atoms. The Labute approximate surface area is 121 Å². The van der Waals surface area contributed by atoms with Crippen LogP contribution in [0, 0.1) is 0 Å². The summed E-state index contributed by atoms with van der Waals surface area (Å²) in [5.41, 5.74) is 2.17. The van der Waals surface area contributed by atoms with Crippen LogP contribution in [0.4, 0.5) is 0 Å². The van der Waals surface area contributed by atoms with Gasteiger partial charge in [-0.05, 0) is 30.2 Å². The normalized spacial score (nSPS) is 12.4. The van der Waals surface area contributed by atoms with Crippen molar-refractivity contribution in [3.8, 4) is 0 Å². The van der Waals surface area contributed by atoms with Gasteiger partial charge in [0.05, 0.1) is 12.7 Å². The van der Waals surface area contributed by atoms with Gasteiger partial charge in [-0.25, -0.2) is 0 Å². The Hall–Kier alpha value is -0.830. The van der Waals surface area contributed by atoms with Crippen molar-refractivity contribution in [3.05, 3.63) is 69.2 Å². The van der Waals surface area contributed by atoms with Gasteiger partial charge in [-0.1, -0.05) is 63.9 Å². The molecule has 2 rings (SSSR count). The first-order chi connectivity index (χ1) is 8.66. The van der Waals surface area contributed by atoms with E-state index in [9.17, 15) is 0 Å². The fourth-order valence-corrected chi connectivity index (χ4v) is 2.40. The van der Waals surface area contributed by atoms with Crippen LogP contribution in [0.2, 0.25) is 5.02 Å². The highest BCUT2D eigenvalue weighted by atomic mass is 79.9. The molecular formula is C15H14BrClO. The molecule has 18 heavy (non-hydrogen) atoms. The van der Waals surface area contributed by atoms with Gasteiger partial charge in [0, 0.05) is 9.50 Å². The third-order valence-corrected chi connectivity index (χ3v) is 3.62. The number of rotatable bonds is 4. The van der Waals surface area contributed by atoms with Gasteiger partial charge >= 0.3 is 0 Å². The van der Waals surface area contributed by atoms with E-state index in [0.29, 0.717) is 6.61 Å². The lowest BCUT2D eigenvalue weighted by atomic mass is 10.1. The molecule has 0 saturated heterocycles. The number of ether oxygens (including phenoxy) is 1. The molecule has 0 amide bonds. The molecule has 2 aromatic rings. The van der Waals surface area contributed by atoms with Gasteiger partial charge in [0.2, 0.25) is 0 Å². The topological polar surface area (TPSA) is 9.23 Å². The highest BCUT2D eigenvalue weighted by molar-refractivity contribution is 9.10. The summed E-state index contributed by atoms with van der Waals surface area (Å²) < 4.78 is 6.81. The van der Waals surface area contributed by atoms with Crippen molar-refractivity contribution in [1.82, 2.24) is 0 Å². The Balaban J connectivity index is 1.99. The quantitative estimate of drug-likeness (QED) is 0.733. The lowest BCUT2D eigenvalue weighted by Crippen LogP contribution is -2.00.